The van der Waals surface area contributed by atoms with Crippen LogP contribution in [-0.4, -0.2) is 304 Å². The number of aliphatic hydroxyl groups excluding tert-OH is 15. The summed E-state index contributed by atoms with van der Waals surface area (Å²) in [4.78, 5) is 38.8. The Bertz CT molecular complexity index is 1880. The molecule has 32 nitrogen and oxygen atoms in total. The SMILES string of the molecule is C/C=C/[C@@H](O)[C@@H](N)CO[C@@H]1O[C@H](CO)[C@@H](O[C@@H]2O[C@H](CO)[C@H](O[C@@H]3O[C@H](CO)[C@H](O)[C@H](O[C@@H]4O[C@H](CO)[C@H](O)[C@H](O)[C@H]4O)[C@H]3NC(C)=O)[C@H](O[C@]3(C(=O)O)C[C@H](O)[C@@H](NC(C)=O)[C@H]([C@H](O)[C@H](O)CC)O3)[C@H]2O)[C@H](O)[C@H]1O. The van der Waals surface area contributed by atoms with E-state index >= 15 is 0 Å². The van der Waals surface area contributed by atoms with Crippen LogP contribution in [0.4, 0.5) is 0 Å². The fourth-order valence-electron chi connectivity index (χ4n) is 9.44. The molecule has 5 heterocycles. The Hall–Kier alpha value is -2.89. The van der Waals surface area contributed by atoms with E-state index in [2.05, 4.69) is 10.6 Å². The van der Waals surface area contributed by atoms with Crippen LogP contribution in [0.15, 0.2) is 12.2 Å². The maximum atomic E-state index is 13.6. The number of carboxylic acids is 1. The van der Waals surface area contributed by atoms with E-state index in [0.717, 1.165) is 13.8 Å². The normalized spacial score (nSPS) is 43.9. The minimum atomic E-state index is -3.27. The molecular weight excluding hydrogens is 1030 g/mol. The molecule has 440 valence electrons. The molecule has 2 amide bonds. The number of nitrogens with one attached hydrogen (secondary N) is 2. The predicted octanol–water partition coefficient (Wildman–Crippen LogP) is -10.7. The number of ether oxygens (including phenoxy) is 10. The third-order valence-electron chi connectivity index (χ3n) is 13.6. The summed E-state index contributed by atoms with van der Waals surface area (Å²) in [5.74, 6) is -7.06. The molecule has 28 atom stereocenters. The van der Waals surface area contributed by atoms with E-state index < -0.39 is 228 Å². The fraction of sp³-hybridized carbons (Fsp3) is 0.886. The second-order valence-electron chi connectivity index (χ2n) is 19.1. The molecule has 0 bridgehead atoms. The average molecular weight is 1110 g/mol. The molecule has 5 aliphatic heterocycles. The molecule has 0 spiro atoms. The lowest BCUT2D eigenvalue weighted by atomic mass is 9.87. The van der Waals surface area contributed by atoms with Crippen LogP contribution in [0.5, 0.6) is 0 Å². The van der Waals surface area contributed by atoms with Gasteiger partial charge in [-0.1, -0.05) is 19.1 Å². The minimum Gasteiger partial charge on any atom is -0.477 e. The van der Waals surface area contributed by atoms with Gasteiger partial charge in [-0.05, 0) is 13.3 Å². The van der Waals surface area contributed by atoms with Gasteiger partial charge in [0.2, 0.25) is 11.8 Å². The first-order chi connectivity index (χ1) is 35.8. The third kappa shape index (κ3) is 14.3. The number of rotatable bonds is 23. The van der Waals surface area contributed by atoms with Gasteiger partial charge in [0.15, 0.2) is 25.2 Å². The highest BCUT2D eigenvalue weighted by molar-refractivity contribution is 5.76. The van der Waals surface area contributed by atoms with E-state index in [9.17, 15) is 96.1 Å². The number of allylic oxidation sites excluding steroid dienone is 1. The van der Waals surface area contributed by atoms with Crippen molar-refractivity contribution < 1.29 is 143 Å². The van der Waals surface area contributed by atoms with Gasteiger partial charge >= 0.3 is 5.97 Å². The van der Waals surface area contributed by atoms with Gasteiger partial charge in [0.1, 0.15) is 110 Å². The zero-order chi connectivity index (χ0) is 56.7. The maximum absolute atomic E-state index is 13.6. The molecule has 5 rings (SSSR count). The van der Waals surface area contributed by atoms with Gasteiger partial charge in [0.05, 0.1) is 63.4 Å². The van der Waals surface area contributed by atoms with Gasteiger partial charge in [0, 0.05) is 20.3 Å². The highest BCUT2D eigenvalue weighted by Crippen LogP contribution is 2.41. The predicted molar refractivity (Wildman–Crippen MR) is 243 cm³/mol. The molecule has 0 aromatic heterocycles. The van der Waals surface area contributed by atoms with Gasteiger partial charge in [-0.25, -0.2) is 4.79 Å². The lowest BCUT2D eigenvalue weighted by Gasteiger charge is -2.52. The van der Waals surface area contributed by atoms with Crippen LogP contribution in [-0.2, 0) is 61.8 Å². The quantitative estimate of drug-likeness (QED) is 0.0423. The van der Waals surface area contributed by atoms with Crippen molar-refractivity contribution in [2.75, 3.05) is 33.0 Å². The van der Waals surface area contributed by atoms with Crippen molar-refractivity contribution in [1.29, 1.82) is 0 Å². The fourth-order valence-corrected chi connectivity index (χ4v) is 9.44. The minimum absolute atomic E-state index is 0.182. The maximum Gasteiger partial charge on any atom is 0.364 e. The first-order valence-corrected chi connectivity index (χ1v) is 24.5. The number of carbonyl (C=O) groups excluding carboxylic acids is 2. The number of aliphatic hydroxyl groups is 15. The number of hydrogen-bond acceptors (Lipinski definition) is 29. The van der Waals surface area contributed by atoms with Gasteiger partial charge < -0.3 is 145 Å². The van der Waals surface area contributed by atoms with Crippen LogP contribution in [0.1, 0.15) is 40.5 Å². The molecule has 5 aliphatic rings. The van der Waals surface area contributed by atoms with Crippen molar-refractivity contribution in [3.63, 3.8) is 0 Å². The summed E-state index contributed by atoms with van der Waals surface area (Å²) in [5.41, 5.74) is 5.95. The van der Waals surface area contributed by atoms with Crippen LogP contribution in [0, 0.1) is 0 Å². The summed E-state index contributed by atoms with van der Waals surface area (Å²) in [7, 11) is 0. The van der Waals surface area contributed by atoms with Crippen LogP contribution < -0.4 is 16.4 Å². The van der Waals surface area contributed by atoms with Crippen molar-refractivity contribution >= 4 is 17.8 Å². The van der Waals surface area contributed by atoms with E-state index in [0.29, 0.717) is 0 Å². The standard InChI is InChI=1S/C44H75N3O29/c1-5-7-18(55)16(45)13-67-40-32(63)30(61)34(22(11-50)70-40)72-42-33(64)38(76-44(43(65)66)8-19(56)24(46-14(3)52)37(75-44)26(57)17(54)6-2)35(23(12-51)71-42)73-39-25(47-15(4)53)36(28(59)21(10-49)68-39)74-41-31(62)29(60)27(58)20(9-48)69-41/h5,7,16-42,48-51,54-64H,6,8-13,45H2,1-4H3,(H,46,52)(H,47,53)(H,65,66)/b7-5+/t16-,17+,18+,19-,20+,21+,22+,23+,24+,25+,26+,27-,28-,29-,30+,31+,32+,33+,34+,35-,36+,37+,38+,39-,40+,41-,42-,44-/m0/s1. The summed E-state index contributed by atoms with van der Waals surface area (Å²) < 4.78 is 58.6. The molecule has 0 aromatic carbocycles. The average Bonchev–Trinajstić information content (AvgIpc) is 3.39. The molecule has 0 aromatic rings. The monoisotopic (exact) mass is 1110 g/mol. The molecular formula is C44H75N3O29. The summed E-state index contributed by atoms with van der Waals surface area (Å²) in [5, 5.41) is 179. The van der Waals surface area contributed by atoms with Crippen molar-refractivity contribution in [2.45, 2.75) is 212 Å². The second kappa shape index (κ2) is 28.0. The van der Waals surface area contributed by atoms with E-state index in [1.165, 1.54) is 19.1 Å². The second-order valence-corrected chi connectivity index (χ2v) is 19.1. The van der Waals surface area contributed by atoms with E-state index in [1.807, 2.05) is 0 Å². The molecule has 32 heteroatoms. The van der Waals surface area contributed by atoms with Crippen LogP contribution >= 0.6 is 0 Å². The van der Waals surface area contributed by atoms with Crippen molar-refractivity contribution in [3.8, 4) is 0 Å². The van der Waals surface area contributed by atoms with Crippen LogP contribution in [0.3, 0.4) is 0 Å². The largest absolute Gasteiger partial charge is 0.477 e. The number of carboxylic acid groups (broad SMARTS) is 1. The highest BCUT2D eigenvalue weighted by atomic mass is 16.8. The smallest absolute Gasteiger partial charge is 0.364 e. The van der Waals surface area contributed by atoms with Gasteiger partial charge in [-0.15, -0.1) is 0 Å². The van der Waals surface area contributed by atoms with Gasteiger partial charge in [0.25, 0.3) is 5.79 Å². The summed E-state index contributed by atoms with van der Waals surface area (Å²) in [6.07, 6.45) is -45.6. The Balaban J connectivity index is 1.58. The molecule has 76 heavy (non-hydrogen) atoms. The molecule has 0 radical (unpaired) electrons. The van der Waals surface area contributed by atoms with Gasteiger partial charge in [-0.2, -0.15) is 0 Å². The van der Waals surface area contributed by atoms with Crippen molar-refractivity contribution in [1.82, 2.24) is 10.6 Å². The summed E-state index contributed by atoms with van der Waals surface area (Å²) in [6.45, 7) is 0.378. The first-order valence-electron chi connectivity index (χ1n) is 24.5. The first kappa shape index (κ1) is 63.9. The van der Waals surface area contributed by atoms with Crippen molar-refractivity contribution in [3.05, 3.63) is 12.2 Å². The Morgan fingerprint density at radius 1 is 0.645 bits per heavy atom. The highest BCUT2D eigenvalue weighted by Gasteiger charge is 2.62. The molecule has 20 N–H and O–H groups in total. The Morgan fingerprint density at radius 3 is 1.71 bits per heavy atom. The van der Waals surface area contributed by atoms with E-state index in [4.69, 9.17) is 53.1 Å². The Morgan fingerprint density at radius 2 is 1.14 bits per heavy atom. The van der Waals surface area contributed by atoms with Crippen molar-refractivity contribution in [2.24, 2.45) is 5.73 Å². The number of amides is 2. The van der Waals surface area contributed by atoms with E-state index in [1.54, 1.807) is 6.92 Å². The number of carbonyl (C=O) groups is 3. The topological polar surface area (TPSA) is 517 Å². The van der Waals surface area contributed by atoms with Crippen LogP contribution in [0.25, 0.3) is 0 Å². The lowest BCUT2D eigenvalue weighted by Crippen LogP contribution is -2.72. The van der Waals surface area contributed by atoms with Crippen LogP contribution in [0.2, 0.25) is 0 Å². The molecule has 0 aliphatic carbocycles. The molecule has 0 saturated carbocycles. The molecule has 5 saturated heterocycles. The Kier molecular flexibility index (Phi) is 23.6. The Labute approximate surface area is 433 Å². The lowest BCUT2D eigenvalue weighted by molar-refractivity contribution is -0.403. The van der Waals surface area contributed by atoms with Gasteiger partial charge in [-0.3, -0.25) is 9.59 Å². The third-order valence-corrected chi connectivity index (χ3v) is 13.6. The summed E-state index contributed by atoms with van der Waals surface area (Å²) >= 11 is 0. The zero-order valence-corrected chi connectivity index (χ0v) is 41.7. The number of hydrogen-bond donors (Lipinski definition) is 19. The number of nitrogens with two attached hydrogens (primary N) is 1. The molecule has 5 fully saturated rings. The number of aliphatic carboxylic acids is 1. The van der Waals surface area contributed by atoms with E-state index in [-0.39, 0.29) is 6.42 Å². The zero-order valence-electron chi connectivity index (χ0n) is 41.7. The summed E-state index contributed by atoms with van der Waals surface area (Å²) in [6, 6.07) is -4.56. The molecule has 0 unspecified atom stereocenters.